The number of nitrogens with one attached hydrogen (secondary N) is 2. The number of carbonyl (C=O) groups excluding carboxylic acids is 1. The average Bonchev–Trinajstić information content (AvgIpc) is 2.62. The molecule has 134 valence electrons. The van der Waals surface area contributed by atoms with Crippen molar-refractivity contribution in [2.75, 3.05) is 17.7 Å². The van der Waals surface area contributed by atoms with Crippen LogP contribution in [0.15, 0.2) is 65.2 Å². The zero-order chi connectivity index (χ0) is 19.2. The number of anilines is 2. The largest absolute Gasteiger partial charge is 0.495 e. The van der Waals surface area contributed by atoms with Gasteiger partial charge in [-0.15, -0.1) is 0 Å². The van der Waals surface area contributed by atoms with Crippen LogP contribution in [0.1, 0.15) is 0 Å². The maximum atomic E-state index is 12.2. The fraction of sp³-hybridized carbons (Fsp3) is 0.0588. The van der Waals surface area contributed by atoms with Gasteiger partial charge in [0.05, 0.1) is 17.7 Å². The van der Waals surface area contributed by atoms with Crippen molar-refractivity contribution < 1.29 is 22.5 Å². The van der Waals surface area contributed by atoms with E-state index in [0.29, 0.717) is 11.4 Å². The molecule has 0 aromatic heterocycles. The first-order chi connectivity index (χ1) is 12.3. The summed E-state index contributed by atoms with van der Waals surface area (Å²) >= 11 is 0. The molecule has 0 atom stereocenters. The highest BCUT2D eigenvalue weighted by Crippen LogP contribution is 2.23. The lowest BCUT2D eigenvalue weighted by atomic mass is 10.2. The monoisotopic (exact) mass is 373 g/mol. The van der Waals surface area contributed by atoms with Crippen LogP contribution >= 0.6 is 0 Å². The minimum atomic E-state index is -4.35. The Hall–Kier alpha value is -3.35. The Balaban J connectivity index is 2.18. The standard InChI is InChI=1S/C17H15N3O5S/c1-25-16-8-3-2-7-15(16)20-17(21)12(10-18)11-19-13-5-4-6-14(9-13)26(22,23)24/h2-9,11,19H,1H3,(H,20,21)(H,22,23,24)/b12-11-. The van der Waals surface area contributed by atoms with E-state index in [9.17, 15) is 18.5 Å². The highest BCUT2D eigenvalue weighted by atomic mass is 32.2. The van der Waals surface area contributed by atoms with Crippen molar-refractivity contribution in [2.24, 2.45) is 0 Å². The predicted molar refractivity (Wildman–Crippen MR) is 95.2 cm³/mol. The van der Waals surface area contributed by atoms with Crippen molar-refractivity contribution in [2.45, 2.75) is 4.90 Å². The van der Waals surface area contributed by atoms with Crippen LogP contribution in [-0.2, 0) is 14.9 Å². The number of hydrogen-bond acceptors (Lipinski definition) is 6. The highest BCUT2D eigenvalue weighted by Gasteiger charge is 2.13. The van der Waals surface area contributed by atoms with Gasteiger partial charge in [0, 0.05) is 11.9 Å². The van der Waals surface area contributed by atoms with Crippen LogP contribution in [0.3, 0.4) is 0 Å². The van der Waals surface area contributed by atoms with E-state index in [0.717, 1.165) is 6.20 Å². The Morgan fingerprint density at radius 3 is 2.62 bits per heavy atom. The minimum Gasteiger partial charge on any atom is -0.495 e. The fourth-order valence-electron chi connectivity index (χ4n) is 1.99. The molecule has 2 rings (SSSR count). The summed E-state index contributed by atoms with van der Waals surface area (Å²) in [5.41, 5.74) is 0.431. The van der Waals surface area contributed by atoms with Gasteiger partial charge in [-0.1, -0.05) is 18.2 Å². The summed E-state index contributed by atoms with van der Waals surface area (Å²) < 4.78 is 36.4. The molecule has 1 amide bonds. The lowest BCUT2D eigenvalue weighted by Crippen LogP contribution is -2.15. The van der Waals surface area contributed by atoms with Crippen LogP contribution < -0.4 is 15.4 Å². The van der Waals surface area contributed by atoms with Gasteiger partial charge in [0.1, 0.15) is 17.4 Å². The molecule has 3 N–H and O–H groups in total. The Morgan fingerprint density at radius 1 is 1.23 bits per heavy atom. The second kappa shape index (κ2) is 8.15. The molecule has 0 saturated carbocycles. The van der Waals surface area contributed by atoms with Crippen molar-refractivity contribution in [1.29, 1.82) is 5.26 Å². The van der Waals surface area contributed by atoms with E-state index in [1.165, 1.54) is 31.4 Å². The molecular weight excluding hydrogens is 358 g/mol. The first-order valence-electron chi connectivity index (χ1n) is 7.24. The maximum Gasteiger partial charge on any atom is 0.294 e. The van der Waals surface area contributed by atoms with Gasteiger partial charge in [-0.25, -0.2) is 0 Å². The first kappa shape index (κ1) is 19.0. The molecule has 0 aliphatic carbocycles. The summed E-state index contributed by atoms with van der Waals surface area (Å²) in [6, 6.07) is 13.8. The van der Waals surface area contributed by atoms with Crippen molar-refractivity contribution >= 4 is 27.4 Å². The SMILES string of the molecule is COc1ccccc1NC(=O)/C(C#N)=C\Nc1cccc(S(=O)(=O)O)c1. The van der Waals surface area contributed by atoms with Crippen LogP contribution in [-0.4, -0.2) is 26.0 Å². The molecule has 0 heterocycles. The van der Waals surface area contributed by atoms with E-state index < -0.39 is 16.0 Å². The van der Waals surface area contributed by atoms with Gasteiger partial charge in [-0.3, -0.25) is 9.35 Å². The van der Waals surface area contributed by atoms with E-state index in [2.05, 4.69) is 10.6 Å². The van der Waals surface area contributed by atoms with E-state index in [-0.39, 0.29) is 16.2 Å². The number of hydrogen-bond donors (Lipinski definition) is 3. The molecular formula is C17H15N3O5S. The zero-order valence-corrected chi connectivity index (χ0v) is 14.4. The third kappa shape index (κ3) is 4.83. The molecule has 0 bridgehead atoms. The van der Waals surface area contributed by atoms with Gasteiger partial charge in [-0.05, 0) is 30.3 Å². The maximum absolute atomic E-state index is 12.2. The van der Waals surface area contributed by atoms with Crippen molar-refractivity contribution in [3.8, 4) is 11.8 Å². The van der Waals surface area contributed by atoms with E-state index in [1.807, 2.05) is 0 Å². The topological polar surface area (TPSA) is 129 Å². The number of ether oxygens (including phenoxy) is 1. The second-order valence-corrected chi connectivity index (χ2v) is 6.39. The number of carbonyl (C=O) groups is 1. The number of rotatable bonds is 6. The quantitative estimate of drug-likeness (QED) is 0.403. The summed E-state index contributed by atoms with van der Waals surface area (Å²) in [5.74, 6) is -0.234. The van der Waals surface area contributed by atoms with Crippen LogP contribution in [0.25, 0.3) is 0 Å². The zero-order valence-electron chi connectivity index (χ0n) is 13.6. The molecule has 0 radical (unpaired) electrons. The number of nitrogens with zero attached hydrogens (tertiary/aromatic N) is 1. The normalized spacial score (nSPS) is 11.3. The van der Waals surface area contributed by atoms with Gasteiger partial charge in [0.15, 0.2) is 0 Å². The summed E-state index contributed by atoms with van der Waals surface area (Å²) in [6.07, 6.45) is 1.13. The highest BCUT2D eigenvalue weighted by molar-refractivity contribution is 7.85. The summed E-state index contributed by atoms with van der Waals surface area (Å²) in [5, 5.41) is 14.4. The number of amides is 1. The van der Waals surface area contributed by atoms with Gasteiger partial charge in [0.2, 0.25) is 0 Å². The summed E-state index contributed by atoms with van der Waals surface area (Å²) in [4.78, 5) is 11.9. The van der Waals surface area contributed by atoms with E-state index in [4.69, 9.17) is 9.29 Å². The molecule has 0 saturated heterocycles. The van der Waals surface area contributed by atoms with Gasteiger partial charge in [-0.2, -0.15) is 13.7 Å². The second-order valence-electron chi connectivity index (χ2n) is 4.97. The van der Waals surface area contributed by atoms with Crippen molar-refractivity contribution in [3.05, 3.63) is 60.3 Å². The van der Waals surface area contributed by atoms with Crippen LogP contribution in [0.5, 0.6) is 5.75 Å². The molecule has 8 nitrogen and oxygen atoms in total. The van der Waals surface area contributed by atoms with E-state index >= 15 is 0 Å². The first-order valence-corrected chi connectivity index (χ1v) is 8.68. The molecule has 0 aliphatic rings. The molecule has 2 aromatic rings. The lowest BCUT2D eigenvalue weighted by Gasteiger charge is -2.09. The van der Waals surface area contributed by atoms with Crippen LogP contribution in [0, 0.1) is 11.3 Å². The molecule has 0 spiro atoms. The van der Waals surface area contributed by atoms with Crippen LogP contribution in [0.4, 0.5) is 11.4 Å². The average molecular weight is 373 g/mol. The van der Waals surface area contributed by atoms with Crippen LogP contribution in [0.2, 0.25) is 0 Å². The molecule has 0 unspecified atom stereocenters. The number of methoxy groups -OCH3 is 1. The van der Waals surface area contributed by atoms with Crippen molar-refractivity contribution in [3.63, 3.8) is 0 Å². The minimum absolute atomic E-state index is 0.242. The third-order valence-corrected chi connectivity index (χ3v) is 4.08. The molecule has 26 heavy (non-hydrogen) atoms. The van der Waals surface area contributed by atoms with Gasteiger partial charge in [0.25, 0.3) is 16.0 Å². The lowest BCUT2D eigenvalue weighted by molar-refractivity contribution is -0.112. The predicted octanol–water partition coefficient (Wildman–Crippen LogP) is 2.40. The summed E-state index contributed by atoms with van der Waals surface area (Å²) in [6.45, 7) is 0. The Bertz CT molecular complexity index is 993. The molecule has 0 aliphatic heterocycles. The smallest absolute Gasteiger partial charge is 0.294 e. The van der Waals surface area contributed by atoms with Gasteiger partial charge < -0.3 is 15.4 Å². The van der Waals surface area contributed by atoms with Gasteiger partial charge >= 0.3 is 0 Å². The molecule has 9 heteroatoms. The molecule has 2 aromatic carbocycles. The third-order valence-electron chi connectivity index (χ3n) is 3.24. The number of nitriles is 1. The number of benzene rings is 2. The Kier molecular flexibility index (Phi) is 5.95. The van der Waals surface area contributed by atoms with E-state index in [1.54, 1.807) is 30.3 Å². The van der Waals surface area contributed by atoms with Crippen molar-refractivity contribution in [1.82, 2.24) is 0 Å². The number of para-hydroxylation sites is 2. The fourth-order valence-corrected chi connectivity index (χ4v) is 2.51. The summed E-state index contributed by atoms with van der Waals surface area (Å²) in [7, 11) is -2.90. The Labute approximate surface area is 150 Å². The Morgan fingerprint density at radius 2 is 1.96 bits per heavy atom. The molecule has 0 fully saturated rings.